The normalized spacial score (nSPS) is 13.1. The minimum Gasteiger partial charge on any atom is -0.311 e. The zero-order valence-corrected chi connectivity index (χ0v) is 60.9. The molecule has 0 radical (unpaired) electrons. The number of anilines is 6. The van der Waals surface area contributed by atoms with Gasteiger partial charge in [0, 0.05) is 50.3 Å². The summed E-state index contributed by atoms with van der Waals surface area (Å²) in [5.74, 6) is 0. The molecule has 0 spiro atoms. The third-order valence-corrected chi connectivity index (χ3v) is 31.8. The molecule has 2 aliphatic heterocycles. The zero-order valence-electron chi connectivity index (χ0n) is 58.9. The first kappa shape index (κ1) is 63.4. The van der Waals surface area contributed by atoms with Crippen LogP contribution in [-0.4, -0.2) is 27.4 Å². The molecule has 0 N–H and O–H groups in total. The molecule has 1 aromatic heterocycles. The van der Waals surface area contributed by atoms with Crippen molar-refractivity contribution in [2.24, 2.45) is 0 Å². The van der Waals surface area contributed by atoms with Gasteiger partial charge in [-0.3, -0.25) is 0 Å². The minimum atomic E-state index is -3.13. The molecule has 17 rings (SSSR count). The van der Waals surface area contributed by atoms with Gasteiger partial charge in [0.25, 0.3) is 6.71 Å². The van der Waals surface area contributed by atoms with Gasteiger partial charge >= 0.3 is 0 Å². The summed E-state index contributed by atoms with van der Waals surface area (Å²) in [6.45, 7) is 18.6. The Morgan fingerprint density at radius 2 is 0.624 bits per heavy atom. The van der Waals surface area contributed by atoms with Crippen LogP contribution >= 0.6 is 0 Å². The zero-order chi connectivity index (χ0) is 68.8. The number of aromatic nitrogens is 1. The van der Waals surface area contributed by atoms with Crippen molar-refractivity contribution < 1.29 is 0 Å². The molecule has 0 saturated carbocycles. The van der Waals surface area contributed by atoms with Gasteiger partial charge in [-0.15, -0.1) is 0 Å². The second-order valence-corrected chi connectivity index (χ2v) is 38.0. The number of benzene rings is 14. The Hall–Kier alpha value is -11.0. The van der Waals surface area contributed by atoms with E-state index in [4.69, 9.17) is 0 Å². The highest BCUT2D eigenvalue weighted by atomic mass is 28.3. The van der Waals surface area contributed by atoms with Gasteiger partial charge in [-0.2, -0.15) is 0 Å². The van der Waals surface area contributed by atoms with Crippen molar-refractivity contribution in [1.82, 2.24) is 4.57 Å². The standard InChI is InChI=1S/C95H82BN3Si2/c1-93(2,3)68-52-56-82-83-57-53-69(94(4,5)6)62-88(83)99(87(82)61-68)73-63-90-92-91(64-73)98(72-39-33-36-70(60-72)95(7,8)67-34-17-9-18-35-67)86-59-55-80(100(74-40-21-11-22-41-74,75-42-23-12-24-43-75)76-44-25-13-26-45-76)65-85(86)96(92)84-58-54-81(66-89(84)97(90)71-37-19-10-20-38-71)101(77-46-27-14-28-47-77,78-48-29-15-30-49-78)79-50-31-16-32-51-79/h9-66H,1-8H3. The molecule has 2 aliphatic rings. The Morgan fingerprint density at radius 3 is 1.06 bits per heavy atom. The smallest absolute Gasteiger partial charge is 0.252 e. The summed E-state index contributed by atoms with van der Waals surface area (Å²) in [5.41, 5.74) is 18.7. The molecule has 0 fully saturated rings. The summed E-state index contributed by atoms with van der Waals surface area (Å²) in [6.07, 6.45) is 0. The summed E-state index contributed by atoms with van der Waals surface area (Å²) in [4.78, 5) is 5.32. The maximum atomic E-state index is 2.69. The van der Waals surface area contributed by atoms with E-state index < -0.39 is 16.1 Å². The predicted octanol–water partition coefficient (Wildman–Crippen LogP) is 16.5. The first-order valence-electron chi connectivity index (χ1n) is 35.8. The molecule has 0 aliphatic carbocycles. The molecular weight excluding hydrogens is 1250 g/mol. The second kappa shape index (κ2) is 24.7. The van der Waals surface area contributed by atoms with Gasteiger partial charge in [0.15, 0.2) is 16.1 Å². The third-order valence-electron chi connectivity index (χ3n) is 22.3. The van der Waals surface area contributed by atoms with Crippen LogP contribution in [0.2, 0.25) is 0 Å². The maximum absolute atomic E-state index is 3.13. The molecule has 0 amide bonds. The van der Waals surface area contributed by atoms with Gasteiger partial charge in [0.05, 0.1) is 16.7 Å². The Kier molecular flexibility index (Phi) is 15.5. The second-order valence-electron chi connectivity index (χ2n) is 30.4. The summed E-state index contributed by atoms with van der Waals surface area (Å²) in [7, 11) is -6.25. The summed E-state index contributed by atoms with van der Waals surface area (Å²) < 4.78 is 2.62. The third kappa shape index (κ3) is 10.4. The van der Waals surface area contributed by atoms with E-state index in [1.807, 2.05) is 0 Å². The number of fused-ring (bicyclic) bond motifs is 7. The predicted molar refractivity (Wildman–Crippen MR) is 438 cm³/mol. The molecule has 3 heterocycles. The summed E-state index contributed by atoms with van der Waals surface area (Å²) in [5, 5.41) is 13.2. The van der Waals surface area contributed by atoms with Crippen molar-refractivity contribution in [3.05, 3.63) is 374 Å². The molecule has 15 aromatic rings. The Labute approximate surface area is 598 Å². The topological polar surface area (TPSA) is 11.4 Å². The maximum Gasteiger partial charge on any atom is 0.252 e. The highest BCUT2D eigenvalue weighted by molar-refractivity contribution is 7.21. The molecule has 101 heavy (non-hydrogen) atoms. The summed E-state index contributed by atoms with van der Waals surface area (Å²) in [6, 6.07) is 136. The van der Waals surface area contributed by atoms with Crippen LogP contribution in [-0.2, 0) is 16.2 Å². The largest absolute Gasteiger partial charge is 0.311 e. The Morgan fingerprint density at radius 1 is 0.248 bits per heavy atom. The monoisotopic (exact) mass is 1330 g/mol. The molecule has 6 heteroatoms. The van der Waals surface area contributed by atoms with E-state index in [1.165, 1.54) is 108 Å². The minimum absolute atomic E-state index is 0.107. The molecule has 0 atom stereocenters. The van der Waals surface area contributed by atoms with Crippen LogP contribution in [0, 0.1) is 0 Å². The average molecular weight is 1330 g/mol. The van der Waals surface area contributed by atoms with Gasteiger partial charge in [-0.25, -0.2) is 0 Å². The van der Waals surface area contributed by atoms with Crippen LogP contribution in [0.15, 0.2) is 352 Å². The van der Waals surface area contributed by atoms with Crippen molar-refractivity contribution in [3.63, 3.8) is 0 Å². The molecule has 0 bridgehead atoms. The van der Waals surface area contributed by atoms with Crippen LogP contribution in [0.25, 0.3) is 27.5 Å². The summed E-state index contributed by atoms with van der Waals surface area (Å²) >= 11 is 0. The lowest BCUT2D eigenvalue weighted by Crippen LogP contribution is -2.75. The molecule has 488 valence electrons. The SMILES string of the molecule is CC(C)(C)c1ccc2c3ccc(C(C)(C)C)cc3n(-c3cc4c5c(c3)N(c3ccccc3)c3cc([Si](c6ccccc6)(c6ccccc6)c6ccccc6)ccc3B5c3cc([Si](c5ccccc5)(c5ccccc5)c5ccccc5)ccc3N4c3cccc(C(C)(C)c4ccccc4)c3)c2c1. The average Bonchev–Trinajstić information content (AvgIpc) is 1.21. The van der Waals surface area contributed by atoms with Gasteiger partial charge in [0.1, 0.15) is 0 Å². The van der Waals surface area contributed by atoms with Crippen molar-refractivity contribution in [2.45, 2.75) is 71.6 Å². The van der Waals surface area contributed by atoms with E-state index in [2.05, 4.69) is 422 Å². The van der Waals surface area contributed by atoms with E-state index in [1.54, 1.807) is 0 Å². The van der Waals surface area contributed by atoms with Crippen LogP contribution in [0.3, 0.4) is 0 Å². The molecule has 0 unspecified atom stereocenters. The van der Waals surface area contributed by atoms with E-state index in [0.29, 0.717) is 0 Å². The van der Waals surface area contributed by atoms with E-state index in [0.717, 1.165) is 34.1 Å². The fraction of sp³-hybridized carbons (Fsp3) is 0.116. The number of rotatable bonds is 13. The lowest BCUT2D eigenvalue weighted by Gasteiger charge is -2.46. The van der Waals surface area contributed by atoms with Crippen molar-refractivity contribution in [3.8, 4) is 5.69 Å². The van der Waals surface area contributed by atoms with Crippen LogP contribution in [0.5, 0.6) is 0 Å². The van der Waals surface area contributed by atoms with E-state index >= 15 is 0 Å². The van der Waals surface area contributed by atoms with Crippen LogP contribution < -0.4 is 67.7 Å². The lowest BCUT2D eigenvalue weighted by molar-refractivity contribution is 0.591. The lowest BCUT2D eigenvalue weighted by atomic mass is 9.33. The van der Waals surface area contributed by atoms with Crippen molar-refractivity contribution in [1.29, 1.82) is 0 Å². The van der Waals surface area contributed by atoms with Crippen LogP contribution in [0.4, 0.5) is 34.1 Å². The highest BCUT2D eigenvalue weighted by Crippen LogP contribution is 2.48. The van der Waals surface area contributed by atoms with Gasteiger partial charge in [-0.05, 0) is 152 Å². The molecular formula is C95H82BN3Si2. The van der Waals surface area contributed by atoms with E-state index in [-0.39, 0.29) is 23.0 Å². The first-order chi connectivity index (χ1) is 49.1. The Balaban J connectivity index is 1.05. The van der Waals surface area contributed by atoms with E-state index in [9.17, 15) is 0 Å². The fourth-order valence-corrected chi connectivity index (χ4v) is 26.7. The quantitative estimate of drug-likeness (QED) is 0.0842. The number of hydrogen-bond acceptors (Lipinski definition) is 2. The molecule has 0 saturated heterocycles. The van der Waals surface area contributed by atoms with Crippen LogP contribution in [0.1, 0.15) is 77.6 Å². The molecule has 3 nitrogen and oxygen atoms in total. The molecule has 14 aromatic carbocycles. The highest BCUT2D eigenvalue weighted by Gasteiger charge is 2.49. The Bertz CT molecular complexity index is 5310. The van der Waals surface area contributed by atoms with Crippen molar-refractivity contribution >= 4 is 137 Å². The first-order valence-corrected chi connectivity index (χ1v) is 39.8. The fourth-order valence-electron chi connectivity index (χ4n) is 17.1. The number of para-hydroxylation sites is 1. The number of hydrogen-bond donors (Lipinski definition) is 0. The number of nitrogens with zero attached hydrogens (tertiary/aromatic N) is 3. The van der Waals surface area contributed by atoms with Gasteiger partial charge in [0.2, 0.25) is 0 Å². The van der Waals surface area contributed by atoms with Gasteiger partial charge < -0.3 is 14.4 Å². The van der Waals surface area contributed by atoms with Crippen molar-refractivity contribution in [2.75, 3.05) is 9.80 Å². The van der Waals surface area contributed by atoms with Gasteiger partial charge in [-0.1, -0.05) is 347 Å².